The van der Waals surface area contributed by atoms with Gasteiger partial charge in [0.15, 0.2) is 16.9 Å². The number of benzene rings is 3. The first-order valence-electron chi connectivity index (χ1n) is 13.8. The standard InChI is InChI=1S/C32H27N5O6S2/c33-32-34-23(18-45-32)24(36-41)28(38)35-25-29(39)37-26(21(17-44-30(25)37)16-42-22-14-8-3-9-15-22)31(40)43-27(19-10-4-1-5-11-19)20-12-6-2-7-13-20/h1-15,18,25,27,30,41H,16-17H2,(H2,33,34)(H,35,38)/b36-24-/t25?,30-/m1/s1. The van der Waals surface area contributed by atoms with Crippen LogP contribution in [0.1, 0.15) is 22.9 Å². The number of hydrogen-bond donors (Lipinski definition) is 3. The van der Waals surface area contributed by atoms with Crippen molar-refractivity contribution in [2.24, 2.45) is 5.16 Å². The maximum atomic E-state index is 14.1. The fraction of sp³-hybridized carbons (Fsp3) is 0.156. The van der Waals surface area contributed by atoms with Gasteiger partial charge in [0.2, 0.25) is 0 Å². The van der Waals surface area contributed by atoms with Gasteiger partial charge in [-0.25, -0.2) is 9.78 Å². The molecule has 2 aliphatic rings. The first-order valence-corrected chi connectivity index (χ1v) is 15.8. The molecule has 2 aliphatic heterocycles. The molecule has 1 saturated heterocycles. The van der Waals surface area contributed by atoms with Crippen LogP contribution in [0.15, 0.2) is 113 Å². The molecule has 0 aliphatic carbocycles. The van der Waals surface area contributed by atoms with Crippen molar-refractivity contribution in [3.63, 3.8) is 0 Å². The van der Waals surface area contributed by atoms with E-state index in [2.05, 4.69) is 15.5 Å². The summed E-state index contributed by atoms with van der Waals surface area (Å²) >= 11 is 2.45. The van der Waals surface area contributed by atoms with Gasteiger partial charge in [0.1, 0.15) is 35.2 Å². The summed E-state index contributed by atoms with van der Waals surface area (Å²) in [5.74, 6) is -1.08. The van der Waals surface area contributed by atoms with Crippen LogP contribution in [0.25, 0.3) is 0 Å². The second kappa shape index (κ2) is 13.2. The fourth-order valence-corrected chi connectivity index (χ4v) is 6.91. The van der Waals surface area contributed by atoms with Crippen molar-refractivity contribution < 1.29 is 29.1 Å². The number of β-lactam (4-membered cyclic amide) rings is 1. The SMILES string of the molecule is Nc1nc(/C(=N/O)C(=O)NC2C(=O)N3C(C(=O)OC(c4ccccc4)c4ccccc4)=C(COc4ccccc4)CS[C@H]23)cs1. The molecule has 45 heavy (non-hydrogen) atoms. The molecule has 1 unspecified atom stereocenters. The molecule has 6 rings (SSSR count). The number of carbonyl (C=O) groups is 3. The zero-order valence-electron chi connectivity index (χ0n) is 23.6. The maximum Gasteiger partial charge on any atom is 0.356 e. The third-order valence-corrected chi connectivity index (χ3v) is 9.21. The lowest BCUT2D eigenvalue weighted by Gasteiger charge is -2.49. The van der Waals surface area contributed by atoms with Crippen molar-refractivity contribution in [2.75, 3.05) is 18.1 Å². The Balaban J connectivity index is 1.28. The van der Waals surface area contributed by atoms with Crippen LogP contribution in [-0.2, 0) is 19.1 Å². The summed E-state index contributed by atoms with van der Waals surface area (Å²) in [5, 5.41) is 16.2. The summed E-state index contributed by atoms with van der Waals surface area (Å²) in [5.41, 5.74) is 7.53. The number of hydrogen-bond acceptors (Lipinski definition) is 11. The van der Waals surface area contributed by atoms with Gasteiger partial charge in [0, 0.05) is 16.7 Å². The molecule has 1 aromatic heterocycles. The van der Waals surface area contributed by atoms with Gasteiger partial charge in [0.25, 0.3) is 11.8 Å². The number of thioether (sulfide) groups is 1. The second-order valence-corrected chi connectivity index (χ2v) is 12.0. The number of ether oxygens (including phenoxy) is 2. The van der Waals surface area contributed by atoms with E-state index in [0.717, 1.165) is 22.5 Å². The van der Waals surface area contributed by atoms with Gasteiger partial charge in [-0.15, -0.1) is 23.1 Å². The molecule has 0 spiro atoms. The molecular weight excluding hydrogens is 615 g/mol. The van der Waals surface area contributed by atoms with Crippen LogP contribution in [0.3, 0.4) is 0 Å². The smallest absolute Gasteiger partial charge is 0.356 e. The van der Waals surface area contributed by atoms with Crippen molar-refractivity contribution in [2.45, 2.75) is 17.5 Å². The first-order chi connectivity index (χ1) is 21.9. The number of carbonyl (C=O) groups excluding carboxylic acids is 3. The average Bonchev–Trinajstić information content (AvgIpc) is 3.51. The number of aromatic nitrogens is 1. The number of esters is 1. The third-order valence-electron chi connectivity index (χ3n) is 7.19. The minimum atomic E-state index is -0.992. The largest absolute Gasteiger partial charge is 0.489 e. The van der Waals surface area contributed by atoms with E-state index >= 15 is 0 Å². The Hall–Kier alpha value is -5.14. The lowest BCUT2D eigenvalue weighted by atomic mass is 10.0. The number of amides is 2. The van der Waals surface area contributed by atoms with Crippen LogP contribution < -0.4 is 15.8 Å². The van der Waals surface area contributed by atoms with Crippen LogP contribution in [0.2, 0.25) is 0 Å². The van der Waals surface area contributed by atoms with E-state index in [9.17, 15) is 19.6 Å². The van der Waals surface area contributed by atoms with Crippen molar-refractivity contribution in [3.05, 3.63) is 124 Å². The summed E-state index contributed by atoms with van der Waals surface area (Å²) in [4.78, 5) is 46.1. The lowest BCUT2D eigenvalue weighted by Crippen LogP contribution is -2.71. The zero-order valence-corrected chi connectivity index (χ0v) is 25.2. The van der Waals surface area contributed by atoms with Gasteiger partial charge < -0.3 is 25.7 Å². The van der Waals surface area contributed by atoms with Crippen molar-refractivity contribution in [1.82, 2.24) is 15.2 Å². The molecule has 13 heteroatoms. The van der Waals surface area contributed by atoms with E-state index in [1.807, 2.05) is 78.9 Å². The Morgan fingerprint density at radius 3 is 2.22 bits per heavy atom. The lowest BCUT2D eigenvalue weighted by molar-refractivity contribution is -0.154. The molecule has 2 amide bonds. The molecule has 1 fully saturated rings. The molecule has 11 nitrogen and oxygen atoms in total. The van der Waals surface area contributed by atoms with E-state index < -0.39 is 35.3 Å². The number of para-hydroxylation sites is 1. The van der Waals surface area contributed by atoms with Crippen LogP contribution in [0.5, 0.6) is 5.75 Å². The van der Waals surface area contributed by atoms with Crippen LogP contribution in [0, 0.1) is 0 Å². The number of rotatable bonds is 10. The molecule has 2 atom stereocenters. The van der Waals surface area contributed by atoms with Crippen molar-refractivity contribution in [3.8, 4) is 5.75 Å². The fourth-order valence-electron chi connectivity index (χ4n) is 5.04. The Bertz CT molecular complexity index is 1720. The highest BCUT2D eigenvalue weighted by molar-refractivity contribution is 8.00. The van der Waals surface area contributed by atoms with E-state index in [0.29, 0.717) is 17.1 Å². The molecule has 3 heterocycles. The predicted octanol–water partition coefficient (Wildman–Crippen LogP) is 3.97. The number of nitrogens with zero attached hydrogens (tertiary/aromatic N) is 3. The quantitative estimate of drug-likeness (QED) is 0.0767. The Morgan fingerprint density at radius 1 is 1.02 bits per heavy atom. The van der Waals surface area contributed by atoms with Crippen LogP contribution in [0.4, 0.5) is 5.13 Å². The molecule has 0 bridgehead atoms. The first kappa shape index (κ1) is 29.9. The molecule has 4 aromatic rings. The number of anilines is 1. The highest BCUT2D eigenvalue weighted by atomic mass is 32.2. The Morgan fingerprint density at radius 2 is 1.64 bits per heavy atom. The predicted molar refractivity (Wildman–Crippen MR) is 170 cm³/mol. The Kier molecular flexibility index (Phi) is 8.80. The van der Waals surface area contributed by atoms with E-state index in [4.69, 9.17) is 15.2 Å². The minimum Gasteiger partial charge on any atom is -0.489 e. The number of nitrogens with one attached hydrogen (secondary N) is 1. The average molecular weight is 642 g/mol. The van der Waals surface area contributed by atoms with Crippen molar-refractivity contribution in [1.29, 1.82) is 0 Å². The molecule has 3 aromatic carbocycles. The Labute approximate surface area is 266 Å². The van der Waals surface area contributed by atoms with E-state index in [1.165, 1.54) is 22.0 Å². The van der Waals surface area contributed by atoms with Gasteiger partial charge >= 0.3 is 5.97 Å². The van der Waals surface area contributed by atoms with Crippen LogP contribution >= 0.6 is 23.1 Å². The zero-order chi connectivity index (χ0) is 31.3. The summed E-state index contributed by atoms with van der Waals surface area (Å²) in [6, 6.07) is 26.8. The highest BCUT2D eigenvalue weighted by Gasteiger charge is 2.55. The number of oxime groups is 1. The minimum absolute atomic E-state index is 0.0445. The normalized spacial score (nSPS) is 17.8. The van der Waals surface area contributed by atoms with Crippen LogP contribution in [-0.4, -0.2) is 62.4 Å². The second-order valence-electron chi connectivity index (χ2n) is 10.0. The summed E-state index contributed by atoms with van der Waals surface area (Å²) in [7, 11) is 0. The molecule has 228 valence electrons. The molecular formula is C32H27N5O6S2. The highest BCUT2D eigenvalue weighted by Crippen LogP contribution is 2.42. The third kappa shape index (κ3) is 6.26. The number of thiazole rings is 1. The maximum absolute atomic E-state index is 14.1. The van der Waals surface area contributed by atoms with Gasteiger partial charge in [-0.3, -0.25) is 14.5 Å². The van der Waals surface area contributed by atoms with Crippen molar-refractivity contribution >= 4 is 51.7 Å². The van der Waals surface area contributed by atoms with Gasteiger partial charge in [-0.1, -0.05) is 84.0 Å². The van der Waals surface area contributed by atoms with Gasteiger partial charge in [-0.05, 0) is 23.3 Å². The summed E-state index contributed by atoms with van der Waals surface area (Å²) < 4.78 is 12.1. The van der Waals surface area contributed by atoms with Gasteiger partial charge in [0.05, 0.1) is 0 Å². The number of nitrogens with two attached hydrogens (primary N) is 1. The summed E-state index contributed by atoms with van der Waals surface area (Å²) in [6.45, 7) is 0.0445. The number of fused-ring (bicyclic) bond motifs is 1. The monoisotopic (exact) mass is 641 g/mol. The molecule has 4 N–H and O–H groups in total. The van der Waals surface area contributed by atoms with E-state index in [-0.39, 0.29) is 28.8 Å². The molecule has 0 saturated carbocycles. The summed E-state index contributed by atoms with van der Waals surface area (Å²) in [6.07, 6.45) is -0.738. The van der Waals surface area contributed by atoms with Gasteiger partial charge in [-0.2, -0.15) is 0 Å². The molecule has 0 radical (unpaired) electrons. The topological polar surface area (TPSA) is 156 Å². The number of nitrogen functional groups attached to an aromatic ring is 1. The van der Waals surface area contributed by atoms with E-state index in [1.54, 1.807) is 12.1 Å².